The zero-order valence-corrected chi connectivity index (χ0v) is 26.4. The van der Waals surface area contributed by atoms with Gasteiger partial charge in [0.2, 0.25) is 0 Å². The van der Waals surface area contributed by atoms with Gasteiger partial charge in [-0.15, -0.1) is 0 Å². The van der Waals surface area contributed by atoms with Gasteiger partial charge in [-0.05, 0) is 31.1 Å². The van der Waals surface area contributed by atoms with Gasteiger partial charge in [-0.1, -0.05) is 163 Å². The summed E-state index contributed by atoms with van der Waals surface area (Å²) < 4.78 is 0. The van der Waals surface area contributed by atoms with Crippen LogP contribution in [0.3, 0.4) is 0 Å². The molecular formula is C34H68O4. The Bertz CT molecular complexity index is 501. The maximum atomic E-state index is 11.4. The first-order valence-electron chi connectivity index (χ1n) is 16.6. The van der Waals surface area contributed by atoms with Crippen LogP contribution in [-0.2, 0) is 9.59 Å². The minimum Gasteiger partial charge on any atom is -0.481 e. The van der Waals surface area contributed by atoms with Crippen LogP contribution in [-0.4, -0.2) is 22.2 Å². The lowest BCUT2D eigenvalue weighted by Crippen LogP contribution is -2.13. The molecule has 0 heterocycles. The number of rotatable bonds is 27. The largest absolute Gasteiger partial charge is 0.481 e. The molecule has 1 atom stereocenters. The number of carboxylic acids is 2. The Balaban J connectivity index is 0. The Labute approximate surface area is 238 Å². The van der Waals surface area contributed by atoms with E-state index < -0.39 is 11.9 Å². The van der Waals surface area contributed by atoms with Gasteiger partial charge in [-0.3, -0.25) is 9.59 Å². The molecular weight excluding hydrogens is 472 g/mol. The van der Waals surface area contributed by atoms with Gasteiger partial charge in [-0.2, -0.15) is 0 Å². The third-order valence-corrected chi connectivity index (χ3v) is 7.51. The van der Waals surface area contributed by atoms with Crippen LogP contribution < -0.4 is 0 Å². The van der Waals surface area contributed by atoms with Gasteiger partial charge in [0.15, 0.2) is 0 Å². The highest BCUT2D eigenvalue weighted by Gasteiger charge is 2.16. The van der Waals surface area contributed by atoms with Crippen molar-refractivity contribution in [3.05, 3.63) is 0 Å². The first-order chi connectivity index (χ1) is 18.2. The summed E-state index contributed by atoms with van der Waals surface area (Å²) in [5.41, 5.74) is 0. The molecule has 0 rings (SSSR count). The van der Waals surface area contributed by atoms with E-state index in [2.05, 4.69) is 34.6 Å². The summed E-state index contributed by atoms with van der Waals surface area (Å²) in [5.74, 6) is 0.136. The second-order valence-corrected chi connectivity index (χ2v) is 12.5. The topological polar surface area (TPSA) is 74.6 Å². The van der Waals surface area contributed by atoms with Crippen molar-refractivity contribution in [3.63, 3.8) is 0 Å². The van der Waals surface area contributed by atoms with Crippen molar-refractivity contribution in [2.45, 2.75) is 189 Å². The van der Waals surface area contributed by atoms with E-state index in [0.717, 1.165) is 50.4 Å². The highest BCUT2D eigenvalue weighted by Crippen LogP contribution is 2.20. The van der Waals surface area contributed by atoms with Crippen molar-refractivity contribution in [2.75, 3.05) is 0 Å². The molecule has 0 bridgehead atoms. The first-order valence-corrected chi connectivity index (χ1v) is 16.6. The standard InChI is InChI=1S/C25H50O2.C9H18O2/c1-4-5-6-7-8-9-10-11-12-13-14-15-16-17-21-24(25(26)27)22-19-18-20-23(2)3;1-8(2)6-4-3-5-7-9(10)11/h23-24H,4-22H2,1-3H3,(H,26,27);8H,3-7H2,1-2H3,(H,10,11). The minimum absolute atomic E-state index is 0.102. The van der Waals surface area contributed by atoms with Crippen molar-refractivity contribution < 1.29 is 19.8 Å². The van der Waals surface area contributed by atoms with Gasteiger partial charge in [0.1, 0.15) is 0 Å². The summed E-state index contributed by atoms with van der Waals surface area (Å²) in [5, 5.41) is 17.7. The van der Waals surface area contributed by atoms with E-state index in [1.54, 1.807) is 0 Å². The van der Waals surface area contributed by atoms with Gasteiger partial charge in [-0.25, -0.2) is 0 Å². The van der Waals surface area contributed by atoms with Crippen LogP contribution in [0.5, 0.6) is 0 Å². The predicted octanol–water partition coefficient (Wildman–Crippen LogP) is 11.5. The molecule has 0 aliphatic rings. The van der Waals surface area contributed by atoms with Gasteiger partial charge in [0, 0.05) is 6.42 Å². The number of hydrogen-bond donors (Lipinski definition) is 2. The smallest absolute Gasteiger partial charge is 0.306 e. The highest BCUT2D eigenvalue weighted by atomic mass is 16.4. The molecule has 4 nitrogen and oxygen atoms in total. The molecule has 1 unspecified atom stereocenters. The van der Waals surface area contributed by atoms with Crippen molar-refractivity contribution >= 4 is 11.9 Å². The molecule has 0 amide bonds. The first kappa shape index (κ1) is 39.1. The van der Waals surface area contributed by atoms with Crippen molar-refractivity contribution in [1.82, 2.24) is 0 Å². The van der Waals surface area contributed by atoms with E-state index in [4.69, 9.17) is 5.11 Å². The molecule has 2 N–H and O–H groups in total. The Morgan fingerprint density at radius 3 is 1.16 bits per heavy atom. The van der Waals surface area contributed by atoms with E-state index in [0.29, 0.717) is 6.42 Å². The average Bonchev–Trinajstić information content (AvgIpc) is 2.85. The SMILES string of the molecule is CC(C)CCCCCC(=O)O.CCCCCCCCCCCCCCCCC(CCCCC(C)C)C(=O)O. The fourth-order valence-electron chi connectivity index (χ4n) is 4.93. The van der Waals surface area contributed by atoms with Crippen LogP contribution in [0.4, 0.5) is 0 Å². The maximum absolute atomic E-state index is 11.4. The third kappa shape index (κ3) is 34.9. The summed E-state index contributed by atoms with van der Waals surface area (Å²) in [7, 11) is 0. The molecule has 228 valence electrons. The van der Waals surface area contributed by atoms with Gasteiger partial charge in [0.05, 0.1) is 5.92 Å². The van der Waals surface area contributed by atoms with Crippen LogP contribution in [0.15, 0.2) is 0 Å². The lowest BCUT2D eigenvalue weighted by atomic mass is 9.93. The van der Waals surface area contributed by atoms with Crippen molar-refractivity contribution in [2.24, 2.45) is 17.8 Å². The third-order valence-electron chi connectivity index (χ3n) is 7.51. The monoisotopic (exact) mass is 541 g/mol. The molecule has 0 saturated heterocycles. The molecule has 0 aromatic rings. The van der Waals surface area contributed by atoms with Crippen LogP contribution in [0.2, 0.25) is 0 Å². The predicted molar refractivity (Wildman–Crippen MR) is 165 cm³/mol. The Morgan fingerprint density at radius 2 is 0.789 bits per heavy atom. The summed E-state index contributed by atoms with van der Waals surface area (Å²) in [6.45, 7) is 11.1. The molecule has 0 radical (unpaired) electrons. The molecule has 0 aromatic heterocycles. The normalized spacial score (nSPS) is 12.0. The van der Waals surface area contributed by atoms with Crippen molar-refractivity contribution in [3.8, 4) is 0 Å². The fourth-order valence-corrected chi connectivity index (χ4v) is 4.93. The lowest BCUT2D eigenvalue weighted by Gasteiger charge is -2.12. The minimum atomic E-state index is -0.672. The van der Waals surface area contributed by atoms with E-state index in [-0.39, 0.29) is 5.92 Å². The van der Waals surface area contributed by atoms with Crippen LogP contribution in [0, 0.1) is 17.8 Å². The number of aliphatic carboxylic acids is 2. The summed E-state index contributed by atoms with van der Waals surface area (Å²) in [6, 6.07) is 0. The Hall–Kier alpha value is -1.06. The van der Waals surface area contributed by atoms with Crippen LogP contribution in [0.25, 0.3) is 0 Å². The quantitative estimate of drug-likeness (QED) is 0.102. The number of hydrogen-bond acceptors (Lipinski definition) is 2. The molecule has 0 spiro atoms. The van der Waals surface area contributed by atoms with E-state index in [9.17, 15) is 14.7 Å². The van der Waals surface area contributed by atoms with Crippen LogP contribution in [0.1, 0.15) is 189 Å². The second kappa shape index (κ2) is 30.5. The molecule has 0 aliphatic carbocycles. The summed E-state index contributed by atoms with van der Waals surface area (Å²) >= 11 is 0. The lowest BCUT2D eigenvalue weighted by molar-refractivity contribution is -0.142. The Kier molecular flexibility index (Phi) is 31.4. The number of carboxylic acid groups (broad SMARTS) is 2. The second-order valence-electron chi connectivity index (χ2n) is 12.5. The van der Waals surface area contributed by atoms with Gasteiger partial charge >= 0.3 is 11.9 Å². The molecule has 38 heavy (non-hydrogen) atoms. The zero-order chi connectivity index (χ0) is 28.9. The van der Waals surface area contributed by atoms with Gasteiger partial charge < -0.3 is 10.2 Å². The van der Waals surface area contributed by atoms with E-state index >= 15 is 0 Å². The van der Waals surface area contributed by atoms with Crippen molar-refractivity contribution in [1.29, 1.82) is 0 Å². The zero-order valence-electron chi connectivity index (χ0n) is 26.4. The highest BCUT2D eigenvalue weighted by molar-refractivity contribution is 5.69. The summed E-state index contributed by atoms with van der Waals surface area (Å²) in [6.07, 6.45) is 28.9. The van der Waals surface area contributed by atoms with E-state index in [1.165, 1.54) is 109 Å². The molecule has 0 fully saturated rings. The molecule has 4 heteroatoms. The fraction of sp³-hybridized carbons (Fsp3) is 0.941. The molecule has 0 aromatic carbocycles. The number of carbonyl (C=O) groups is 2. The average molecular weight is 541 g/mol. The van der Waals surface area contributed by atoms with Gasteiger partial charge in [0.25, 0.3) is 0 Å². The van der Waals surface area contributed by atoms with Crippen LogP contribution >= 0.6 is 0 Å². The number of unbranched alkanes of at least 4 members (excludes halogenated alkanes) is 16. The molecule has 0 aliphatic heterocycles. The molecule has 0 saturated carbocycles. The maximum Gasteiger partial charge on any atom is 0.306 e. The summed E-state index contributed by atoms with van der Waals surface area (Å²) in [4.78, 5) is 21.5. The Morgan fingerprint density at radius 1 is 0.474 bits per heavy atom. The van der Waals surface area contributed by atoms with E-state index in [1.807, 2.05) is 0 Å².